The Bertz CT molecular complexity index is 723. The second-order valence-corrected chi connectivity index (χ2v) is 4.86. The van der Waals surface area contributed by atoms with Gasteiger partial charge in [-0.2, -0.15) is 5.26 Å². The number of aryl methyl sites for hydroxylation is 1. The Morgan fingerprint density at radius 2 is 2.00 bits per heavy atom. The molecule has 0 saturated heterocycles. The van der Waals surface area contributed by atoms with Crippen LogP contribution in [0.15, 0.2) is 40.9 Å². The molecule has 0 aliphatic heterocycles. The lowest BCUT2D eigenvalue weighted by atomic mass is 10.2. The number of hydrogen-bond donors (Lipinski definition) is 0. The Labute approximate surface area is 123 Å². The molecule has 0 aliphatic rings. The van der Waals surface area contributed by atoms with Crippen molar-refractivity contribution in [1.82, 2.24) is 0 Å². The maximum absolute atomic E-state index is 11.0. The molecule has 0 spiro atoms. The van der Waals surface area contributed by atoms with Gasteiger partial charge >= 0.3 is 5.69 Å². The number of ether oxygens (including phenoxy) is 1. The number of halogens is 1. The largest absolute Gasteiger partial charge is 0.448 e. The molecule has 0 aliphatic carbocycles. The molecule has 6 heteroatoms. The smallest absolute Gasteiger partial charge is 0.311 e. The topological polar surface area (TPSA) is 76.2 Å². The fourth-order valence-corrected chi connectivity index (χ4v) is 2.16. The van der Waals surface area contributed by atoms with E-state index in [-0.39, 0.29) is 17.2 Å². The van der Waals surface area contributed by atoms with Crippen molar-refractivity contribution in [2.45, 2.75) is 6.92 Å². The maximum Gasteiger partial charge on any atom is 0.311 e. The fourth-order valence-electron chi connectivity index (χ4n) is 1.72. The van der Waals surface area contributed by atoms with Crippen LogP contribution in [0, 0.1) is 28.4 Å². The van der Waals surface area contributed by atoms with Crippen LogP contribution in [-0.2, 0) is 0 Å². The minimum Gasteiger partial charge on any atom is -0.448 e. The van der Waals surface area contributed by atoms with E-state index in [4.69, 9.17) is 10.00 Å². The summed E-state index contributed by atoms with van der Waals surface area (Å²) in [7, 11) is 0. The van der Waals surface area contributed by atoms with Gasteiger partial charge in [0.05, 0.1) is 4.92 Å². The monoisotopic (exact) mass is 332 g/mol. The first-order valence-electron chi connectivity index (χ1n) is 5.65. The number of benzene rings is 2. The first-order chi connectivity index (χ1) is 9.54. The Hall–Kier alpha value is -2.39. The molecule has 0 unspecified atom stereocenters. The molecule has 100 valence electrons. The molecule has 0 fully saturated rings. The summed E-state index contributed by atoms with van der Waals surface area (Å²) in [6.45, 7) is 1.71. The third-order valence-corrected chi connectivity index (χ3v) is 3.35. The number of hydrogen-bond acceptors (Lipinski definition) is 4. The van der Waals surface area contributed by atoms with E-state index in [0.29, 0.717) is 15.6 Å². The Morgan fingerprint density at radius 3 is 2.65 bits per heavy atom. The summed E-state index contributed by atoms with van der Waals surface area (Å²) in [5.74, 6) is 0.423. The summed E-state index contributed by atoms with van der Waals surface area (Å²) in [6.07, 6.45) is 0. The molecule has 0 aromatic heterocycles. The van der Waals surface area contributed by atoms with Crippen molar-refractivity contribution >= 4 is 21.6 Å². The molecule has 0 saturated carbocycles. The van der Waals surface area contributed by atoms with Crippen molar-refractivity contribution in [3.63, 3.8) is 0 Å². The van der Waals surface area contributed by atoms with Gasteiger partial charge in [-0.3, -0.25) is 10.1 Å². The zero-order chi connectivity index (χ0) is 14.7. The van der Waals surface area contributed by atoms with Crippen LogP contribution < -0.4 is 4.74 Å². The van der Waals surface area contributed by atoms with E-state index in [0.717, 1.165) is 0 Å². The number of para-hydroxylation sites is 1. The first-order valence-corrected chi connectivity index (χ1v) is 6.44. The maximum atomic E-state index is 11.0. The van der Waals surface area contributed by atoms with Crippen molar-refractivity contribution < 1.29 is 9.66 Å². The lowest BCUT2D eigenvalue weighted by Crippen LogP contribution is -1.97. The third-order valence-electron chi connectivity index (χ3n) is 2.69. The van der Waals surface area contributed by atoms with Crippen LogP contribution in [0.4, 0.5) is 5.69 Å². The van der Waals surface area contributed by atoms with Crippen LogP contribution in [-0.4, -0.2) is 4.92 Å². The predicted octanol–water partition coefficient (Wildman–Crippen LogP) is 4.33. The highest BCUT2D eigenvalue weighted by molar-refractivity contribution is 9.10. The summed E-state index contributed by atoms with van der Waals surface area (Å²) in [6, 6.07) is 11.7. The summed E-state index contributed by atoms with van der Waals surface area (Å²) in [4.78, 5) is 10.5. The quantitative estimate of drug-likeness (QED) is 0.619. The minimum absolute atomic E-state index is 0.131. The average Bonchev–Trinajstić information content (AvgIpc) is 2.41. The molecule has 0 N–H and O–H groups in total. The number of nitro groups is 1. The van der Waals surface area contributed by atoms with Crippen molar-refractivity contribution in [2.24, 2.45) is 0 Å². The molecule has 20 heavy (non-hydrogen) atoms. The van der Waals surface area contributed by atoms with Crippen LogP contribution >= 0.6 is 15.9 Å². The number of nitrogens with zero attached hydrogens (tertiary/aromatic N) is 2. The lowest BCUT2D eigenvalue weighted by molar-refractivity contribution is -0.385. The second-order valence-electron chi connectivity index (χ2n) is 4.01. The van der Waals surface area contributed by atoms with Gasteiger partial charge in [-0.05, 0) is 40.5 Å². The van der Waals surface area contributed by atoms with Crippen LogP contribution in [0.25, 0.3) is 0 Å². The summed E-state index contributed by atoms with van der Waals surface area (Å²) in [5, 5.41) is 20.2. The third kappa shape index (κ3) is 2.63. The number of rotatable bonds is 3. The van der Waals surface area contributed by atoms with Crippen molar-refractivity contribution in [1.29, 1.82) is 5.26 Å². The molecule has 0 heterocycles. The van der Waals surface area contributed by atoms with Crippen LogP contribution in [0.1, 0.15) is 11.1 Å². The molecule has 5 nitrogen and oxygen atoms in total. The fraction of sp³-hybridized carbons (Fsp3) is 0.0714. The molecular weight excluding hydrogens is 324 g/mol. The van der Waals surface area contributed by atoms with Crippen molar-refractivity contribution in [3.8, 4) is 17.6 Å². The van der Waals surface area contributed by atoms with E-state index in [1.807, 2.05) is 6.07 Å². The zero-order valence-corrected chi connectivity index (χ0v) is 12.0. The van der Waals surface area contributed by atoms with Gasteiger partial charge in [0.1, 0.15) is 17.4 Å². The normalized spacial score (nSPS) is 9.85. The summed E-state index contributed by atoms with van der Waals surface area (Å²) >= 11 is 3.25. The van der Waals surface area contributed by atoms with Gasteiger partial charge in [0.15, 0.2) is 0 Å². The van der Waals surface area contributed by atoms with Gasteiger partial charge in [0.25, 0.3) is 0 Å². The minimum atomic E-state index is -0.508. The lowest BCUT2D eigenvalue weighted by Gasteiger charge is -2.10. The SMILES string of the molecule is Cc1cccc([N+](=O)[O-])c1Oc1cccc(Br)c1C#N. The van der Waals surface area contributed by atoms with Crippen LogP contribution in [0.3, 0.4) is 0 Å². The molecule has 0 amide bonds. The molecule has 0 bridgehead atoms. The Morgan fingerprint density at radius 1 is 1.30 bits per heavy atom. The van der Waals surface area contributed by atoms with Crippen molar-refractivity contribution in [3.05, 3.63) is 62.1 Å². The standard InChI is InChI=1S/C14H9BrN2O3/c1-9-4-2-6-12(17(18)19)14(9)20-13-7-3-5-11(15)10(13)8-16/h2-7H,1H3. The van der Waals surface area contributed by atoms with E-state index < -0.39 is 4.92 Å². The predicted molar refractivity (Wildman–Crippen MR) is 76.8 cm³/mol. The highest BCUT2D eigenvalue weighted by atomic mass is 79.9. The summed E-state index contributed by atoms with van der Waals surface area (Å²) < 4.78 is 6.19. The van der Waals surface area contributed by atoms with E-state index in [1.54, 1.807) is 37.3 Å². The highest BCUT2D eigenvalue weighted by Crippen LogP contribution is 2.37. The molecule has 2 rings (SSSR count). The van der Waals surface area contributed by atoms with Gasteiger partial charge in [-0.15, -0.1) is 0 Å². The van der Waals surface area contributed by atoms with E-state index in [1.165, 1.54) is 6.07 Å². The van der Waals surface area contributed by atoms with Gasteiger partial charge in [-0.1, -0.05) is 18.2 Å². The van der Waals surface area contributed by atoms with Crippen molar-refractivity contribution in [2.75, 3.05) is 0 Å². The van der Waals surface area contributed by atoms with Gasteiger partial charge in [0, 0.05) is 10.5 Å². The van der Waals surface area contributed by atoms with Crippen LogP contribution in [0.2, 0.25) is 0 Å². The average molecular weight is 333 g/mol. The van der Waals surface area contributed by atoms with E-state index >= 15 is 0 Å². The van der Waals surface area contributed by atoms with Crippen LogP contribution in [0.5, 0.6) is 11.5 Å². The molecule has 0 atom stereocenters. The van der Waals surface area contributed by atoms with Gasteiger partial charge in [-0.25, -0.2) is 0 Å². The number of nitriles is 1. The highest BCUT2D eigenvalue weighted by Gasteiger charge is 2.19. The molecule has 2 aromatic carbocycles. The second kappa shape index (κ2) is 5.72. The Kier molecular flexibility index (Phi) is 4.01. The molecule has 0 radical (unpaired) electrons. The summed E-state index contributed by atoms with van der Waals surface area (Å²) in [5.41, 5.74) is 0.794. The molecule has 2 aromatic rings. The van der Waals surface area contributed by atoms with E-state index in [2.05, 4.69) is 15.9 Å². The number of nitro benzene ring substituents is 1. The zero-order valence-electron chi connectivity index (χ0n) is 10.5. The Balaban J connectivity index is 2.54. The van der Waals surface area contributed by atoms with Gasteiger partial charge in [0.2, 0.25) is 5.75 Å². The van der Waals surface area contributed by atoms with E-state index in [9.17, 15) is 10.1 Å². The first kappa shape index (κ1) is 14.0. The van der Waals surface area contributed by atoms with Gasteiger partial charge < -0.3 is 4.74 Å². The molecular formula is C14H9BrN2O3.